The Morgan fingerprint density at radius 1 is 0.921 bits per heavy atom. The Labute approximate surface area is 226 Å². The lowest BCUT2D eigenvalue weighted by molar-refractivity contribution is -0.127. The molecule has 2 aromatic carbocycles. The minimum absolute atomic E-state index is 0.324. The van der Waals surface area contributed by atoms with Gasteiger partial charge < -0.3 is 24.8 Å². The van der Waals surface area contributed by atoms with Crippen LogP contribution < -0.4 is 29.7 Å². The molecule has 3 rings (SSSR count). The fourth-order valence-electron chi connectivity index (χ4n) is 3.88. The Kier molecular flexibility index (Phi) is 9.35. The summed E-state index contributed by atoms with van der Waals surface area (Å²) in [5.41, 5.74) is 0.322. The molecule has 0 bridgehead atoms. The van der Waals surface area contributed by atoms with Crippen molar-refractivity contribution in [1.29, 1.82) is 0 Å². The molecule has 0 aliphatic carbocycles. The number of hydrogen-bond acceptors (Lipinski definition) is 7. The third-order valence-corrected chi connectivity index (χ3v) is 6.32. The fourth-order valence-corrected chi connectivity index (χ4v) is 4.52. The highest BCUT2D eigenvalue weighted by Gasteiger charge is 2.36. The molecule has 202 valence electrons. The SMILES string of the molecule is COc1cc([C@H](C(=O)NC(C)(C)C)N(C(=O)CNC(=O)c2cccs2)c2ccccc2)cc(OC)c1OC. The van der Waals surface area contributed by atoms with Crippen LogP contribution in [0, 0.1) is 0 Å². The third kappa shape index (κ3) is 6.83. The Morgan fingerprint density at radius 3 is 2.05 bits per heavy atom. The second-order valence-corrected chi connectivity index (χ2v) is 10.3. The summed E-state index contributed by atoms with van der Waals surface area (Å²) >= 11 is 1.27. The van der Waals surface area contributed by atoms with Crippen molar-refractivity contribution in [2.45, 2.75) is 32.4 Å². The first-order valence-corrected chi connectivity index (χ1v) is 12.8. The van der Waals surface area contributed by atoms with Crippen molar-refractivity contribution >= 4 is 34.7 Å². The number of ether oxygens (including phenoxy) is 3. The molecule has 2 N–H and O–H groups in total. The number of para-hydroxylation sites is 1. The summed E-state index contributed by atoms with van der Waals surface area (Å²) < 4.78 is 16.5. The molecule has 0 unspecified atom stereocenters. The van der Waals surface area contributed by atoms with Gasteiger partial charge in [0.05, 0.1) is 32.8 Å². The van der Waals surface area contributed by atoms with Crippen LogP contribution in [0.25, 0.3) is 0 Å². The maximum absolute atomic E-state index is 13.9. The lowest BCUT2D eigenvalue weighted by atomic mass is 9.99. The van der Waals surface area contributed by atoms with Gasteiger partial charge in [0.2, 0.25) is 17.6 Å². The van der Waals surface area contributed by atoms with Gasteiger partial charge in [-0.3, -0.25) is 19.3 Å². The number of hydrogen-bond donors (Lipinski definition) is 2. The van der Waals surface area contributed by atoms with Gasteiger partial charge in [-0.05, 0) is 62.0 Å². The van der Waals surface area contributed by atoms with Gasteiger partial charge in [0.15, 0.2) is 11.5 Å². The van der Waals surface area contributed by atoms with Gasteiger partial charge in [0.25, 0.3) is 5.91 Å². The van der Waals surface area contributed by atoms with E-state index in [-0.39, 0.29) is 12.5 Å². The molecule has 10 heteroatoms. The Balaban J connectivity index is 2.13. The molecule has 0 aliphatic heterocycles. The lowest BCUT2D eigenvalue weighted by Gasteiger charge is -2.34. The van der Waals surface area contributed by atoms with Crippen LogP contribution in [-0.2, 0) is 9.59 Å². The van der Waals surface area contributed by atoms with E-state index in [1.54, 1.807) is 53.9 Å². The third-order valence-electron chi connectivity index (χ3n) is 5.46. The molecule has 3 amide bonds. The zero-order valence-corrected chi connectivity index (χ0v) is 23.2. The first-order chi connectivity index (χ1) is 18.1. The van der Waals surface area contributed by atoms with Crippen molar-refractivity contribution in [3.05, 3.63) is 70.4 Å². The zero-order valence-electron chi connectivity index (χ0n) is 22.4. The highest BCUT2D eigenvalue weighted by atomic mass is 32.1. The van der Waals surface area contributed by atoms with Crippen molar-refractivity contribution in [3.8, 4) is 17.2 Å². The van der Waals surface area contributed by atoms with E-state index in [9.17, 15) is 14.4 Å². The Bertz CT molecular complexity index is 1230. The lowest BCUT2D eigenvalue weighted by Crippen LogP contribution is -2.51. The largest absolute Gasteiger partial charge is 0.493 e. The highest BCUT2D eigenvalue weighted by molar-refractivity contribution is 7.12. The summed E-state index contributed by atoms with van der Waals surface area (Å²) in [4.78, 5) is 42.1. The molecule has 38 heavy (non-hydrogen) atoms. The van der Waals surface area contributed by atoms with Crippen LogP contribution in [-0.4, -0.2) is 51.1 Å². The van der Waals surface area contributed by atoms with E-state index in [1.807, 2.05) is 26.8 Å². The number of nitrogens with one attached hydrogen (secondary N) is 2. The zero-order chi connectivity index (χ0) is 27.9. The van der Waals surface area contributed by atoms with Gasteiger partial charge in [0, 0.05) is 11.2 Å². The van der Waals surface area contributed by atoms with Crippen molar-refractivity contribution in [2.75, 3.05) is 32.8 Å². The molecule has 1 aromatic heterocycles. The average Bonchev–Trinajstić information content (AvgIpc) is 3.44. The quantitative estimate of drug-likeness (QED) is 0.400. The Hall–Kier alpha value is -4.05. The van der Waals surface area contributed by atoms with Gasteiger partial charge in [-0.1, -0.05) is 24.3 Å². The normalized spacial score (nSPS) is 11.7. The fraction of sp³-hybridized carbons (Fsp3) is 0.321. The van der Waals surface area contributed by atoms with Gasteiger partial charge in [-0.2, -0.15) is 0 Å². The molecule has 9 nitrogen and oxygen atoms in total. The van der Waals surface area contributed by atoms with E-state index in [4.69, 9.17) is 14.2 Å². The maximum Gasteiger partial charge on any atom is 0.261 e. The van der Waals surface area contributed by atoms with Crippen molar-refractivity contribution < 1.29 is 28.6 Å². The molecule has 0 fully saturated rings. The molecule has 0 spiro atoms. The summed E-state index contributed by atoms with van der Waals surface area (Å²) in [7, 11) is 4.44. The molecule has 1 atom stereocenters. The standard InChI is InChI=1S/C28H33N3O6S/c1-28(2,3)30-27(34)24(18-15-20(35-4)25(37-6)21(16-18)36-5)31(19-11-8-7-9-12-19)23(32)17-29-26(33)22-13-10-14-38-22/h7-16,24H,17H2,1-6H3,(H,29,33)(H,30,34)/t24-/m1/s1. The van der Waals surface area contributed by atoms with Crippen LogP contribution in [0.2, 0.25) is 0 Å². The molecule has 0 aliphatic rings. The van der Waals surface area contributed by atoms with Crippen LogP contribution in [0.5, 0.6) is 17.2 Å². The topological polar surface area (TPSA) is 106 Å². The van der Waals surface area contributed by atoms with E-state index in [0.29, 0.717) is 33.4 Å². The van der Waals surface area contributed by atoms with Crippen LogP contribution >= 0.6 is 11.3 Å². The van der Waals surface area contributed by atoms with Gasteiger partial charge >= 0.3 is 0 Å². The summed E-state index contributed by atoms with van der Waals surface area (Å²) in [6, 6.07) is 14.4. The number of carbonyl (C=O) groups is 3. The molecule has 0 radical (unpaired) electrons. The predicted octanol–water partition coefficient (Wildman–Crippen LogP) is 4.19. The maximum atomic E-state index is 13.9. The second kappa shape index (κ2) is 12.5. The van der Waals surface area contributed by atoms with Crippen molar-refractivity contribution in [1.82, 2.24) is 10.6 Å². The van der Waals surface area contributed by atoms with Crippen molar-refractivity contribution in [2.24, 2.45) is 0 Å². The first kappa shape index (κ1) is 28.5. The number of methoxy groups -OCH3 is 3. The number of benzene rings is 2. The van der Waals surface area contributed by atoms with Crippen LogP contribution in [0.15, 0.2) is 60.0 Å². The van der Waals surface area contributed by atoms with E-state index < -0.39 is 23.4 Å². The number of amides is 3. The molecular formula is C28H33N3O6S. The molecule has 0 saturated carbocycles. The second-order valence-electron chi connectivity index (χ2n) is 9.36. The van der Waals surface area contributed by atoms with E-state index in [0.717, 1.165) is 0 Å². The van der Waals surface area contributed by atoms with Gasteiger partial charge in [-0.25, -0.2) is 0 Å². The summed E-state index contributed by atoms with van der Waals surface area (Å²) in [6.07, 6.45) is 0. The highest BCUT2D eigenvalue weighted by Crippen LogP contribution is 2.41. The van der Waals surface area contributed by atoms with Gasteiger partial charge in [0.1, 0.15) is 6.04 Å². The number of rotatable bonds is 10. The summed E-state index contributed by atoms with van der Waals surface area (Å²) in [6.45, 7) is 5.24. The summed E-state index contributed by atoms with van der Waals surface area (Å²) in [5.74, 6) is -0.249. The van der Waals surface area contributed by atoms with E-state index in [2.05, 4.69) is 10.6 Å². The molecular weight excluding hydrogens is 506 g/mol. The number of anilines is 1. The van der Waals surface area contributed by atoms with Crippen LogP contribution in [0.3, 0.4) is 0 Å². The molecule has 3 aromatic rings. The monoisotopic (exact) mass is 539 g/mol. The van der Waals surface area contributed by atoms with Crippen molar-refractivity contribution in [3.63, 3.8) is 0 Å². The molecule has 0 saturated heterocycles. The van der Waals surface area contributed by atoms with Crippen LogP contribution in [0.4, 0.5) is 5.69 Å². The predicted molar refractivity (Wildman–Crippen MR) is 147 cm³/mol. The smallest absolute Gasteiger partial charge is 0.261 e. The number of nitrogens with zero attached hydrogens (tertiary/aromatic N) is 1. The number of thiophene rings is 1. The van der Waals surface area contributed by atoms with E-state index >= 15 is 0 Å². The Morgan fingerprint density at radius 2 is 1.55 bits per heavy atom. The molecule has 1 heterocycles. The average molecular weight is 540 g/mol. The van der Waals surface area contributed by atoms with E-state index in [1.165, 1.54) is 37.6 Å². The van der Waals surface area contributed by atoms with Gasteiger partial charge in [-0.15, -0.1) is 11.3 Å². The first-order valence-electron chi connectivity index (χ1n) is 11.9. The van der Waals surface area contributed by atoms with Crippen LogP contribution in [0.1, 0.15) is 42.0 Å². The number of carbonyl (C=O) groups excluding carboxylic acids is 3. The minimum Gasteiger partial charge on any atom is -0.493 e. The summed E-state index contributed by atoms with van der Waals surface area (Å²) in [5, 5.41) is 7.44. The minimum atomic E-state index is -1.13.